The molecule has 126 valence electrons. The van der Waals surface area contributed by atoms with Crippen molar-refractivity contribution < 1.29 is 4.79 Å². The molecular weight excluding hydrogens is 302 g/mol. The van der Waals surface area contributed by atoms with E-state index in [1.165, 1.54) is 11.1 Å². The predicted octanol–water partition coefficient (Wildman–Crippen LogP) is 2.01. The van der Waals surface area contributed by atoms with Crippen LogP contribution in [-0.4, -0.2) is 45.6 Å². The van der Waals surface area contributed by atoms with Gasteiger partial charge in [0.05, 0.1) is 12.2 Å². The lowest BCUT2D eigenvalue weighted by Crippen LogP contribution is -2.35. The molecule has 1 unspecified atom stereocenters. The Morgan fingerprint density at radius 3 is 2.75 bits per heavy atom. The highest BCUT2D eigenvalue weighted by Crippen LogP contribution is 2.21. The fourth-order valence-corrected chi connectivity index (χ4v) is 3.03. The fourth-order valence-electron chi connectivity index (χ4n) is 3.03. The highest BCUT2D eigenvalue weighted by Gasteiger charge is 2.20. The number of aromatic nitrogens is 3. The van der Waals surface area contributed by atoms with Crippen LogP contribution in [0.5, 0.6) is 0 Å². The third-order valence-corrected chi connectivity index (χ3v) is 4.41. The van der Waals surface area contributed by atoms with Crippen molar-refractivity contribution in [3.05, 3.63) is 59.5 Å². The second-order valence-corrected chi connectivity index (χ2v) is 6.28. The number of hydrogen-bond donors (Lipinski definition) is 1. The van der Waals surface area contributed by atoms with Crippen molar-refractivity contribution >= 4 is 11.6 Å². The standard InChI is InChI=1S/C18H23N5O/c1-13-7-5-6-8-14(13)16(21(2)3)12-19-17(24)15-11-20-23-10-9-22(4)18(15)23/h5-11,16H,12H2,1-4H3,(H,19,24). The van der Waals surface area contributed by atoms with Gasteiger partial charge >= 0.3 is 0 Å². The summed E-state index contributed by atoms with van der Waals surface area (Å²) in [6.07, 6.45) is 5.33. The Labute approximate surface area is 141 Å². The van der Waals surface area contributed by atoms with Crippen LogP contribution < -0.4 is 5.32 Å². The van der Waals surface area contributed by atoms with E-state index in [0.717, 1.165) is 5.65 Å². The number of carbonyl (C=O) groups is 1. The molecule has 0 saturated carbocycles. The van der Waals surface area contributed by atoms with Crippen LogP contribution in [0.2, 0.25) is 0 Å². The summed E-state index contributed by atoms with van der Waals surface area (Å²) >= 11 is 0. The molecule has 24 heavy (non-hydrogen) atoms. The topological polar surface area (TPSA) is 54.6 Å². The maximum Gasteiger partial charge on any atom is 0.256 e. The molecule has 1 N–H and O–H groups in total. The zero-order chi connectivity index (χ0) is 17.3. The Balaban J connectivity index is 1.79. The number of aryl methyl sites for hydroxylation is 2. The summed E-state index contributed by atoms with van der Waals surface area (Å²) < 4.78 is 3.60. The third kappa shape index (κ3) is 2.92. The lowest BCUT2D eigenvalue weighted by atomic mass is 10.0. The molecule has 1 amide bonds. The highest BCUT2D eigenvalue weighted by atomic mass is 16.1. The summed E-state index contributed by atoms with van der Waals surface area (Å²) in [7, 11) is 5.96. The smallest absolute Gasteiger partial charge is 0.256 e. The SMILES string of the molecule is Cc1ccccc1C(CNC(=O)c1cnn2ccn(C)c12)N(C)C. The molecule has 0 radical (unpaired) electrons. The third-order valence-electron chi connectivity index (χ3n) is 4.41. The average Bonchev–Trinajstić information content (AvgIpc) is 3.12. The first-order valence-electron chi connectivity index (χ1n) is 7.98. The lowest BCUT2D eigenvalue weighted by Gasteiger charge is -2.26. The average molecular weight is 325 g/mol. The number of nitrogens with one attached hydrogen (secondary N) is 1. The van der Waals surface area contributed by atoms with Crippen LogP contribution in [0.15, 0.2) is 42.9 Å². The summed E-state index contributed by atoms with van der Waals surface area (Å²) in [5.74, 6) is -0.104. The minimum atomic E-state index is -0.104. The van der Waals surface area contributed by atoms with E-state index in [9.17, 15) is 4.79 Å². The lowest BCUT2D eigenvalue weighted by molar-refractivity contribution is 0.0943. The molecule has 1 aromatic carbocycles. The van der Waals surface area contributed by atoms with Gasteiger partial charge in [0, 0.05) is 26.0 Å². The number of nitrogens with zero attached hydrogens (tertiary/aromatic N) is 4. The Morgan fingerprint density at radius 2 is 2.04 bits per heavy atom. The number of carbonyl (C=O) groups excluding carboxylic acids is 1. The van der Waals surface area contributed by atoms with Crippen molar-refractivity contribution in [3.8, 4) is 0 Å². The van der Waals surface area contributed by atoms with Gasteiger partial charge in [-0.1, -0.05) is 24.3 Å². The first-order chi connectivity index (χ1) is 11.5. The van der Waals surface area contributed by atoms with Gasteiger partial charge in [0.25, 0.3) is 5.91 Å². The molecule has 3 aromatic rings. The highest BCUT2D eigenvalue weighted by molar-refractivity contribution is 5.99. The van der Waals surface area contributed by atoms with Gasteiger partial charge in [-0.3, -0.25) is 4.79 Å². The van der Waals surface area contributed by atoms with E-state index in [-0.39, 0.29) is 11.9 Å². The molecule has 0 aliphatic rings. The molecule has 0 saturated heterocycles. The molecule has 0 aliphatic heterocycles. The van der Waals surface area contributed by atoms with Gasteiger partial charge in [0.15, 0.2) is 0 Å². The quantitative estimate of drug-likeness (QED) is 0.781. The molecule has 6 nitrogen and oxygen atoms in total. The Bertz CT molecular complexity index is 861. The summed E-state index contributed by atoms with van der Waals surface area (Å²) in [6.45, 7) is 2.64. The summed E-state index contributed by atoms with van der Waals surface area (Å²) in [6, 6.07) is 8.39. The zero-order valence-electron chi connectivity index (χ0n) is 14.5. The number of imidazole rings is 1. The molecule has 6 heteroatoms. The van der Waals surface area contributed by atoms with Gasteiger partial charge in [0.2, 0.25) is 0 Å². The van der Waals surface area contributed by atoms with Crippen molar-refractivity contribution in [1.29, 1.82) is 0 Å². The van der Waals surface area contributed by atoms with Crippen molar-refractivity contribution in [1.82, 2.24) is 24.4 Å². The van der Waals surface area contributed by atoms with Crippen LogP contribution in [0.4, 0.5) is 0 Å². The number of amides is 1. The van der Waals surface area contributed by atoms with Crippen LogP contribution in [0.25, 0.3) is 5.65 Å². The summed E-state index contributed by atoms with van der Waals surface area (Å²) in [4.78, 5) is 14.7. The first kappa shape index (κ1) is 16.3. The zero-order valence-corrected chi connectivity index (χ0v) is 14.5. The van der Waals surface area contributed by atoms with Gasteiger partial charge < -0.3 is 14.8 Å². The van der Waals surface area contributed by atoms with E-state index in [2.05, 4.69) is 34.4 Å². The summed E-state index contributed by atoms with van der Waals surface area (Å²) in [5, 5.41) is 7.27. The second-order valence-electron chi connectivity index (χ2n) is 6.28. The molecule has 2 aromatic heterocycles. The number of hydrogen-bond acceptors (Lipinski definition) is 3. The minimum absolute atomic E-state index is 0.104. The minimum Gasteiger partial charge on any atom is -0.350 e. The van der Waals surface area contributed by atoms with Gasteiger partial charge in [-0.15, -0.1) is 0 Å². The van der Waals surface area contributed by atoms with Crippen molar-refractivity contribution in [2.75, 3.05) is 20.6 Å². The summed E-state index contributed by atoms with van der Waals surface area (Å²) in [5.41, 5.74) is 3.83. The van der Waals surface area contributed by atoms with Gasteiger partial charge in [0.1, 0.15) is 11.2 Å². The largest absolute Gasteiger partial charge is 0.350 e. The molecule has 0 fully saturated rings. The normalized spacial score (nSPS) is 12.7. The van der Waals surface area contributed by atoms with Crippen LogP contribution in [0.1, 0.15) is 27.5 Å². The van der Waals surface area contributed by atoms with Crippen LogP contribution in [0.3, 0.4) is 0 Å². The van der Waals surface area contributed by atoms with E-state index >= 15 is 0 Å². The molecule has 0 aliphatic carbocycles. The molecule has 1 atom stereocenters. The predicted molar refractivity (Wildman–Crippen MR) is 94.1 cm³/mol. The van der Waals surface area contributed by atoms with Gasteiger partial charge in [-0.05, 0) is 32.1 Å². The van der Waals surface area contributed by atoms with E-state index in [1.54, 1.807) is 10.7 Å². The van der Waals surface area contributed by atoms with E-state index in [4.69, 9.17) is 0 Å². The Morgan fingerprint density at radius 1 is 1.29 bits per heavy atom. The monoisotopic (exact) mass is 325 g/mol. The van der Waals surface area contributed by atoms with Crippen molar-refractivity contribution in [2.45, 2.75) is 13.0 Å². The Hall–Kier alpha value is -2.60. The van der Waals surface area contributed by atoms with Crippen molar-refractivity contribution in [3.63, 3.8) is 0 Å². The number of rotatable bonds is 5. The Kier molecular flexibility index (Phi) is 4.40. The van der Waals surface area contributed by atoms with Gasteiger partial charge in [-0.25, -0.2) is 4.52 Å². The molecular formula is C18H23N5O. The van der Waals surface area contributed by atoms with Gasteiger partial charge in [-0.2, -0.15) is 5.10 Å². The number of likely N-dealkylation sites (N-methyl/N-ethyl adjacent to an activating group) is 1. The second kappa shape index (κ2) is 6.49. The molecule has 0 spiro atoms. The van der Waals surface area contributed by atoms with Crippen LogP contribution in [0, 0.1) is 6.92 Å². The van der Waals surface area contributed by atoms with E-state index < -0.39 is 0 Å². The number of fused-ring (bicyclic) bond motifs is 1. The maximum atomic E-state index is 12.6. The first-order valence-corrected chi connectivity index (χ1v) is 7.98. The van der Waals surface area contributed by atoms with Crippen molar-refractivity contribution in [2.24, 2.45) is 7.05 Å². The van der Waals surface area contributed by atoms with Crippen LogP contribution in [-0.2, 0) is 7.05 Å². The molecule has 0 bridgehead atoms. The van der Waals surface area contributed by atoms with Crippen LogP contribution >= 0.6 is 0 Å². The number of benzene rings is 1. The molecule has 2 heterocycles. The van der Waals surface area contributed by atoms with E-state index in [1.807, 2.05) is 50.2 Å². The maximum absolute atomic E-state index is 12.6. The molecule has 3 rings (SSSR count). The van der Waals surface area contributed by atoms with E-state index in [0.29, 0.717) is 12.1 Å². The fraction of sp³-hybridized carbons (Fsp3) is 0.333.